The molecule has 0 aliphatic carbocycles. The number of phosphoric ester groups is 1. The SMILES string of the molecule is CCCCCCCCCCCCCCCCOP(=O)(OCCOCCOCC)OOc1cccc2ccccc12. The summed E-state index contributed by atoms with van der Waals surface area (Å²) >= 11 is 0. The highest BCUT2D eigenvalue weighted by Gasteiger charge is 2.29. The van der Waals surface area contributed by atoms with Gasteiger partial charge in [0.25, 0.3) is 0 Å². The number of rotatable bonds is 27. The van der Waals surface area contributed by atoms with Crippen molar-refractivity contribution in [2.75, 3.05) is 39.6 Å². The molecule has 0 radical (unpaired) electrons. The molecule has 0 aromatic heterocycles. The molecular formula is C32H53O7P. The Bertz CT molecular complexity index is 918. The van der Waals surface area contributed by atoms with Gasteiger partial charge in [0.1, 0.15) is 0 Å². The Labute approximate surface area is 242 Å². The molecule has 7 nitrogen and oxygen atoms in total. The molecule has 0 saturated carbocycles. The van der Waals surface area contributed by atoms with Crippen molar-refractivity contribution in [3.8, 4) is 5.75 Å². The van der Waals surface area contributed by atoms with E-state index in [9.17, 15) is 4.57 Å². The molecule has 40 heavy (non-hydrogen) atoms. The van der Waals surface area contributed by atoms with Crippen LogP contribution in [-0.2, 0) is 27.8 Å². The highest BCUT2D eigenvalue weighted by Crippen LogP contribution is 2.50. The largest absolute Gasteiger partial charge is 0.511 e. The maximum absolute atomic E-state index is 13.3. The van der Waals surface area contributed by atoms with E-state index in [2.05, 4.69) is 6.92 Å². The molecule has 8 heteroatoms. The summed E-state index contributed by atoms with van der Waals surface area (Å²) in [4.78, 5) is 5.50. The van der Waals surface area contributed by atoms with Gasteiger partial charge in [0.2, 0.25) is 0 Å². The van der Waals surface area contributed by atoms with Gasteiger partial charge >= 0.3 is 7.82 Å². The lowest BCUT2D eigenvalue weighted by Crippen LogP contribution is -2.11. The highest BCUT2D eigenvalue weighted by molar-refractivity contribution is 7.48. The van der Waals surface area contributed by atoms with E-state index in [1.165, 1.54) is 70.6 Å². The smallest absolute Gasteiger partial charge is 0.379 e. The minimum absolute atomic E-state index is 0.0566. The number of unbranched alkanes of at least 4 members (excludes halogenated alkanes) is 13. The molecule has 0 heterocycles. The number of fused-ring (bicyclic) bond motifs is 1. The van der Waals surface area contributed by atoms with Crippen LogP contribution in [0.1, 0.15) is 104 Å². The molecule has 228 valence electrons. The van der Waals surface area contributed by atoms with Crippen molar-refractivity contribution in [3.05, 3.63) is 42.5 Å². The van der Waals surface area contributed by atoms with Gasteiger partial charge in [0.15, 0.2) is 5.75 Å². The van der Waals surface area contributed by atoms with Gasteiger partial charge in [-0.05, 0) is 24.8 Å². The maximum Gasteiger partial charge on any atom is 0.511 e. The zero-order valence-corrected chi connectivity index (χ0v) is 25.9. The summed E-state index contributed by atoms with van der Waals surface area (Å²) in [5.41, 5.74) is 0. The molecule has 0 aliphatic rings. The van der Waals surface area contributed by atoms with E-state index < -0.39 is 7.82 Å². The lowest BCUT2D eigenvalue weighted by molar-refractivity contribution is -0.132. The molecule has 0 amide bonds. The Morgan fingerprint density at radius 1 is 0.575 bits per heavy atom. The topological polar surface area (TPSA) is 72.5 Å². The molecule has 2 aromatic rings. The van der Waals surface area contributed by atoms with Gasteiger partial charge in [-0.1, -0.05) is 131 Å². The molecule has 2 rings (SSSR count). The lowest BCUT2D eigenvalue weighted by atomic mass is 10.0. The van der Waals surface area contributed by atoms with E-state index >= 15 is 0 Å². The number of benzene rings is 2. The predicted octanol–water partition coefficient (Wildman–Crippen LogP) is 9.83. The molecule has 0 spiro atoms. The first-order valence-corrected chi connectivity index (χ1v) is 17.0. The van der Waals surface area contributed by atoms with E-state index in [0.29, 0.717) is 25.6 Å². The zero-order chi connectivity index (χ0) is 28.6. The van der Waals surface area contributed by atoms with Gasteiger partial charge in [-0.2, -0.15) is 0 Å². The summed E-state index contributed by atoms with van der Waals surface area (Å²) in [5.74, 6) is 0.454. The minimum Gasteiger partial charge on any atom is -0.379 e. The first-order valence-electron chi connectivity index (χ1n) is 15.6. The summed E-state index contributed by atoms with van der Waals surface area (Å²) in [6.07, 6.45) is 17.8. The van der Waals surface area contributed by atoms with Crippen LogP contribution in [0.15, 0.2) is 42.5 Å². The second-order valence-corrected chi connectivity index (χ2v) is 11.7. The number of phosphoric acid groups is 1. The zero-order valence-electron chi connectivity index (χ0n) is 25.0. The molecule has 2 aromatic carbocycles. The molecule has 1 atom stereocenters. The average molecular weight is 581 g/mol. The van der Waals surface area contributed by atoms with E-state index in [-0.39, 0.29) is 19.8 Å². The van der Waals surface area contributed by atoms with Crippen LogP contribution in [-0.4, -0.2) is 39.6 Å². The summed E-state index contributed by atoms with van der Waals surface area (Å²) in [7, 11) is -3.94. The van der Waals surface area contributed by atoms with Crippen molar-refractivity contribution in [2.45, 2.75) is 104 Å². The second-order valence-electron chi connectivity index (χ2n) is 10.2. The Morgan fingerprint density at radius 3 is 1.80 bits per heavy atom. The average Bonchev–Trinajstić information content (AvgIpc) is 2.97. The van der Waals surface area contributed by atoms with Crippen LogP contribution in [0.4, 0.5) is 0 Å². The van der Waals surface area contributed by atoms with Gasteiger partial charge in [-0.25, -0.2) is 4.57 Å². The lowest BCUT2D eigenvalue weighted by Gasteiger charge is -2.17. The van der Waals surface area contributed by atoms with Crippen LogP contribution >= 0.6 is 7.82 Å². The summed E-state index contributed by atoms with van der Waals surface area (Å²) in [6.45, 7) is 6.36. The minimum atomic E-state index is -3.94. The predicted molar refractivity (Wildman–Crippen MR) is 163 cm³/mol. The maximum atomic E-state index is 13.3. The quantitative estimate of drug-likeness (QED) is 0.0451. The van der Waals surface area contributed by atoms with Crippen molar-refractivity contribution in [1.82, 2.24) is 0 Å². The number of hydrogen-bond acceptors (Lipinski definition) is 7. The Balaban J connectivity index is 1.65. The number of hydrogen-bond donors (Lipinski definition) is 0. The fourth-order valence-corrected chi connectivity index (χ4v) is 5.46. The Kier molecular flexibility index (Phi) is 20.1. The van der Waals surface area contributed by atoms with Gasteiger partial charge in [0.05, 0.1) is 33.0 Å². The first-order chi connectivity index (χ1) is 19.7. The van der Waals surface area contributed by atoms with Crippen LogP contribution < -0.4 is 4.89 Å². The van der Waals surface area contributed by atoms with Crippen molar-refractivity contribution < 1.29 is 32.6 Å². The summed E-state index contributed by atoms with van der Waals surface area (Å²) in [6, 6.07) is 13.4. The third-order valence-corrected chi connectivity index (χ3v) is 8.02. The summed E-state index contributed by atoms with van der Waals surface area (Å²) < 4.78 is 40.5. The Morgan fingerprint density at radius 2 is 1.12 bits per heavy atom. The van der Waals surface area contributed by atoms with Crippen LogP contribution in [0.25, 0.3) is 10.8 Å². The molecule has 1 unspecified atom stereocenters. The van der Waals surface area contributed by atoms with Gasteiger partial charge < -0.3 is 14.4 Å². The fraction of sp³-hybridized carbons (Fsp3) is 0.688. The van der Waals surface area contributed by atoms with Gasteiger partial charge in [-0.15, -0.1) is 0 Å². The highest BCUT2D eigenvalue weighted by atomic mass is 31.2. The molecule has 0 aliphatic heterocycles. The van der Waals surface area contributed by atoms with E-state index in [1.807, 2.05) is 43.3 Å². The first kappa shape index (κ1) is 34.7. The third-order valence-electron chi connectivity index (χ3n) is 6.77. The fourth-order valence-electron chi connectivity index (χ4n) is 4.48. The van der Waals surface area contributed by atoms with Crippen LogP contribution in [0.2, 0.25) is 0 Å². The van der Waals surface area contributed by atoms with E-state index in [4.69, 9.17) is 28.1 Å². The van der Waals surface area contributed by atoms with Crippen LogP contribution in [0.3, 0.4) is 0 Å². The second kappa shape index (κ2) is 23.1. The van der Waals surface area contributed by atoms with Gasteiger partial charge in [-0.3, -0.25) is 9.05 Å². The van der Waals surface area contributed by atoms with Crippen molar-refractivity contribution >= 4 is 18.6 Å². The molecule has 0 fully saturated rings. The van der Waals surface area contributed by atoms with Gasteiger partial charge in [0, 0.05) is 12.0 Å². The number of ether oxygens (including phenoxy) is 2. The molecular weight excluding hydrogens is 527 g/mol. The van der Waals surface area contributed by atoms with Crippen molar-refractivity contribution in [2.24, 2.45) is 0 Å². The van der Waals surface area contributed by atoms with Crippen molar-refractivity contribution in [3.63, 3.8) is 0 Å². The third kappa shape index (κ3) is 16.1. The van der Waals surface area contributed by atoms with E-state index in [0.717, 1.165) is 30.0 Å². The standard InChI is InChI=1S/C32H53O7P/c1-3-5-6-7-8-9-10-11-12-13-14-15-16-19-25-36-40(33,37-29-28-35-27-26-34-4-2)39-38-32-24-20-22-30-21-17-18-23-31(30)32/h17-18,20-24H,3-16,19,25-29H2,1-2H3. The van der Waals surface area contributed by atoms with E-state index in [1.54, 1.807) is 6.07 Å². The normalized spacial score (nSPS) is 13.1. The summed E-state index contributed by atoms with van der Waals surface area (Å²) in [5, 5.41) is 1.84. The molecule has 0 saturated heterocycles. The Hall–Kier alpha value is -1.47. The van der Waals surface area contributed by atoms with Crippen LogP contribution in [0, 0.1) is 0 Å². The molecule has 0 bridgehead atoms. The molecule has 0 N–H and O–H groups in total. The van der Waals surface area contributed by atoms with Crippen LogP contribution in [0.5, 0.6) is 5.75 Å². The van der Waals surface area contributed by atoms with Crippen molar-refractivity contribution in [1.29, 1.82) is 0 Å². The monoisotopic (exact) mass is 580 g/mol.